The van der Waals surface area contributed by atoms with Gasteiger partial charge in [0.05, 0.1) is 11.4 Å². The monoisotopic (exact) mass is 236 g/mol. The molecule has 1 aromatic carbocycles. The summed E-state index contributed by atoms with van der Waals surface area (Å²) in [6, 6.07) is 6.30. The highest BCUT2D eigenvalue weighted by atomic mass is 19.1. The number of hydrogen-bond acceptors (Lipinski definition) is 4. The molecular formula is C11H10F2N4. The lowest BCUT2D eigenvalue weighted by atomic mass is 10.3. The number of halogens is 2. The van der Waals surface area contributed by atoms with Gasteiger partial charge in [0.25, 0.3) is 0 Å². The lowest BCUT2D eigenvalue weighted by molar-refractivity contribution is 0.586. The molecule has 0 aliphatic carbocycles. The van der Waals surface area contributed by atoms with Crippen molar-refractivity contribution in [2.45, 2.75) is 0 Å². The number of rotatable bonds is 2. The van der Waals surface area contributed by atoms with E-state index in [2.05, 4.69) is 10.3 Å². The summed E-state index contributed by atoms with van der Waals surface area (Å²) in [5, 5.41) is 2.68. The van der Waals surface area contributed by atoms with Gasteiger partial charge in [0.2, 0.25) is 0 Å². The van der Waals surface area contributed by atoms with Gasteiger partial charge in [-0.25, -0.2) is 13.8 Å². The van der Waals surface area contributed by atoms with Crippen LogP contribution in [0.3, 0.4) is 0 Å². The zero-order chi connectivity index (χ0) is 12.4. The number of hydrogen-bond donors (Lipinski definition) is 3. The van der Waals surface area contributed by atoms with Gasteiger partial charge in [-0.2, -0.15) is 0 Å². The molecule has 4 nitrogen and oxygen atoms in total. The predicted molar refractivity (Wildman–Crippen MR) is 62.7 cm³/mol. The van der Waals surface area contributed by atoms with Gasteiger partial charge in [-0.1, -0.05) is 0 Å². The number of pyridine rings is 1. The number of aromatic nitrogens is 1. The van der Waals surface area contributed by atoms with Crippen molar-refractivity contribution in [3.05, 3.63) is 42.0 Å². The predicted octanol–water partition coefficient (Wildman–Crippen LogP) is 2.27. The molecule has 0 aliphatic heterocycles. The lowest BCUT2D eigenvalue weighted by Gasteiger charge is -2.08. The second-order valence-corrected chi connectivity index (χ2v) is 3.42. The fourth-order valence-electron chi connectivity index (χ4n) is 1.28. The highest BCUT2D eigenvalue weighted by Gasteiger charge is 2.05. The number of nitrogens with zero attached hydrogens (tertiary/aromatic N) is 1. The Hall–Kier alpha value is -2.37. The quantitative estimate of drug-likeness (QED) is 0.747. The molecule has 0 amide bonds. The van der Waals surface area contributed by atoms with Crippen LogP contribution in [0.25, 0.3) is 0 Å². The van der Waals surface area contributed by atoms with Gasteiger partial charge < -0.3 is 16.8 Å². The van der Waals surface area contributed by atoms with E-state index >= 15 is 0 Å². The zero-order valence-corrected chi connectivity index (χ0v) is 8.74. The maximum absolute atomic E-state index is 13.3. The van der Waals surface area contributed by atoms with Crippen LogP contribution in [0.2, 0.25) is 0 Å². The highest BCUT2D eigenvalue weighted by molar-refractivity contribution is 5.65. The van der Waals surface area contributed by atoms with Gasteiger partial charge >= 0.3 is 0 Å². The molecule has 0 radical (unpaired) electrons. The molecule has 2 rings (SSSR count). The van der Waals surface area contributed by atoms with Crippen molar-refractivity contribution < 1.29 is 8.78 Å². The fraction of sp³-hybridized carbons (Fsp3) is 0. The van der Waals surface area contributed by atoms with Crippen LogP contribution in [-0.2, 0) is 0 Å². The molecule has 17 heavy (non-hydrogen) atoms. The first-order chi connectivity index (χ1) is 8.06. The smallest absolute Gasteiger partial charge is 0.149 e. The Morgan fingerprint density at radius 2 is 1.82 bits per heavy atom. The molecular weight excluding hydrogens is 226 g/mol. The van der Waals surface area contributed by atoms with Crippen molar-refractivity contribution in [2.75, 3.05) is 16.8 Å². The van der Waals surface area contributed by atoms with Crippen LogP contribution < -0.4 is 16.8 Å². The number of anilines is 4. The van der Waals surface area contributed by atoms with Gasteiger partial charge in [0, 0.05) is 6.07 Å². The third kappa shape index (κ3) is 2.41. The number of nitrogens with one attached hydrogen (secondary N) is 1. The molecule has 88 valence electrons. The molecule has 0 saturated heterocycles. The van der Waals surface area contributed by atoms with E-state index in [1.54, 1.807) is 12.1 Å². The summed E-state index contributed by atoms with van der Waals surface area (Å²) in [4.78, 5) is 3.91. The number of benzene rings is 1. The third-order valence-electron chi connectivity index (χ3n) is 2.15. The molecule has 6 heteroatoms. The van der Waals surface area contributed by atoms with Crippen molar-refractivity contribution in [3.8, 4) is 0 Å². The molecule has 0 fully saturated rings. The van der Waals surface area contributed by atoms with Gasteiger partial charge in [-0.05, 0) is 24.3 Å². The van der Waals surface area contributed by atoms with Crippen LogP contribution in [-0.4, -0.2) is 4.98 Å². The summed E-state index contributed by atoms with van der Waals surface area (Å²) in [6.45, 7) is 0. The minimum atomic E-state index is -0.706. The van der Waals surface area contributed by atoms with Gasteiger partial charge in [0.1, 0.15) is 23.3 Å². The average Bonchev–Trinajstić information content (AvgIpc) is 2.27. The standard InChI is InChI=1S/C11H10F2N4/c12-6-1-3-9(7(13)5-6)16-10-4-2-8(14)11(15)17-10/h1-5H,14H2,(H3,15,16,17). The van der Waals surface area contributed by atoms with E-state index in [0.717, 1.165) is 12.1 Å². The summed E-state index contributed by atoms with van der Waals surface area (Å²) in [5.74, 6) is -0.861. The number of nitrogen functional groups attached to an aromatic ring is 2. The normalized spacial score (nSPS) is 10.2. The Morgan fingerprint density at radius 3 is 2.47 bits per heavy atom. The maximum atomic E-state index is 13.3. The van der Waals surface area contributed by atoms with Crippen molar-refractivity contribution in [1.29, 1.82) is 0 Å². The van der Waals surface area contributed by atoms with Crippen LogP contribution >= 0.6 is 0 Å². The molecule has 0 bridgehead atoms. The van der Waals surface area contributed by atoms with Crippen LogP contribution in [0, 0.1) is 11.6 Å². The largest absolute Gasteiger partial charge is 0.396 e. The van der Waals surface area contributed by atoms with Crippen LogP contribution in [0.15, 0.2) is 30.3 Å². The second kappa shape index (κ2) is 4.25. The van der Waals surface area contributed by atoms with Gasteiger partial charge in [0.15, 0.2) is 0 Å². The molecule has 2 aromatic rings. The molecule has 5 N–H and O–H groups in total. The highest BCUT2D eigenvalue weighted by Crippen LogP contribution is 2.21. The summed E-state index contributed by atoms with van der Waals surface area (Å²) in [6.07, 6.45) is 0. The van der Waals surface area contributed by atoms with Crippen LogP contribution in [0.1, 0.15) is 0 Å². The molecule has 0 aliphatic rings. The van der Waals surface area contributed by atoms with E-state index < -0.39 is 11.6 Å². The summed E-state index contributed by atoms with van der Waals surface area (Å²) in [7, 11) is 0. The first kappa shape index (κ1) is 11.1. The van der Waals surface area contributed by atoms with Crippen molar-refractivity contribution in [3.63, 3.8) is 0 Å². The van der Waals surface area contributed by atoms with E-state index in [0.29, 0.717) is 11.5 Å². The van der Waals surface area contributed by atoms with Crippen molar-refractivity contribution in [2.24, 2.45) is 0 Å². The molecule has 0 spiro atoms. The molecule has 1 heterocycles. The van der Waals surface area contributed by atoms with E-state index in [9.17, 15) is 8.78 Å². The molecule has 0 unspecified atom stereocenters. The van der Waals surface area contributed by atoms with Crippen LogP contribution in [0.4, 0.5) is 31.8 Å². The minimum absolute atomic E-state index is 0.114. The van der Waals surface area contributed by atoms with E-state index in [1.165, 1.54) is 6.07 Å². The van der Waals surface area contributed by atoms with E-state index in [4.69, 9.17) is 11.5 Å². The van der Waals surface area contributed by atoms with Gasteiger partial charge in [-0.15, -0.1) is 0 Å². The Balaban J connectivity index is 2.28. The first-order valence-electron chi connectivity index (χ1n) is 4.80. The fourth-order valence-corrected chi connectivity index (χ4v) is 1.28. The molecule has 0 atom stereocenters. The van der Waals surface area contributed by atoms with Crippen molar-refractivity contribution in [1.82, 2.24) is 4.98 Å². The van der Waals surface area contributed by atoms with E-state index in [1.807, 2.05) is 0 Å². The second-order valence-electron chi connectivity index (χ2n) is 3.42. The topological polar surface area (TPSA) is 77.0 Å². The molecule has 0 saturated carbocycles. The average molecular weight is 236 g/mol. The zero-order valence-electron chi connectivity index (χ0n) is 8.74. The van der Waals surface area contributed by atoms with Crippen molar-refractivity contribution >= 4 is 23.0 Å². The Bertz CT molecular complexity index is 557. The summed E-state index contributed by atoms with van der Waals surface area (Å²) < 4.78 is 26.0. The lowest BCUT2D eigenvalue weighted by Crippen LogP contribution is -2.02. The third-order valence-corrected chi connectivity index (χ3v) is 2.15. The van der Waals surface area contributed by atoms with Crippen LogP contribution in [0.5, 0.6) is 0 Å². The minimum Gasteiger partial charge on any atom is -0.396 e. The maximum Gasteiger partial charge on any atom is 0.149 e. The Morgan fingerprint density at radius 1 is 1.06 bits per heavy atom. The summed E-state index contributed by atoms with van der Waals surface area (Å²) >= 11 is 0. The number of nitrogens with two attached hydrogens (primary N) is 2. The first-order valence-corrected chi connectivity index (χ1v) is 4.80. The Kier molecular flexibility index (Phi) is 2.78. The molecule has 1 aromatic heterocycles. The SMILES string of the molecule is Nc1ccc(Nc2ccc(F)cc2F)nc1N. The van der Waals surface area contributed by atoms with E-state index in [-0.39, 0.29) is 11.5 Å². The van der Waals surface area contributed by atoms with Gasteiger partial charge in [-0.3, -0.25) is 0 Å². The Labute approximate surface area is 96.3 Å². The summed E-state index contributed by atoms with van der Waals surface area (Å²) in [5.41, 5.74) is 11.5.